The summed E-state index contributed by atoms with van der Waals surface area (Å²) in [5, 5.41) is 7.82. The molecule has 3 aromatic carbocycles. The number of anilines is 3. The van der Waals surface area contributed by atoms with Gasteiger partial charge in [-0.3, -0.25) is 4.79 Å². The van der Waals surface area contributed by atoms with Crippen molar-refractivity contribution in [2.75, 3.05) is 34.4 Å². The number of nitrogens with zero attached hydrogens (tertiary/aromatic N) is 4. The Hall–Kier alpha value is -3.02. The maximum absolute atomic E-state index is 14.2. The van der Waals surface area contributed by atoms with Crippen LogP contribution in [0.5, 0.6) is 0 Å². The Morgan fingerprint density at radius 3 is 2.47 bits per heavy atom. The maximum Gasteiger partial charge on any atom is 0.261 e. The van der Waals surface area contributed by atoms with Crippen LogP contribution in [0.15, 0.2) is 77.9 Å². The third kappa shape index (κ3) is 3.22. The van der Waals surface area contributed by atoms with Crippen LogP contribution < -0.4 is 14.8 Å². The predicted molar refractivity (Wildman–Crippen MR) is 139 cm³/mol. The molecule has 3 aromatic rings. The zero-order valence-electron chi connectivity index (χ0n) is 18.8. The van der Waals surface area contributed by atoms with Gasteiger partial charge in [-0.15, -0.1) is 0 Å². The molecule has 3 aliphatic heterocycles. The molecule has 1 saturated heterocycles. The van der Waals surface area contributed by atoms with E-state index in [0.29, 0.717) is 23.0 Å². The van der Waals surface area contributed by atoms with E-state index >= 15 is 0 Å². The lowest BCUT2D eigenvalue weighted by Gasteiger charge is -2.53. The van der Waals surface area contributed by atoms with E-state index in [1.165, 1.54) is 0 Å². The molecule has 1 fully saturated rings. The number of benzene rings is 3. The highest BCUT2D eigenvalue weighted by Crippen LogP contribution is 2.49. The number of hydrogen-bond acceptors (Lipinski definition) is 4. The summed E-state index contributed by atoms with van der Waals surface area (Å²) in [5.74, 6) is 0.0275. The number of hydrogen-bond donors (Lipinski definition) is 0. The Balaban J connectivity index is 1.46. The Morgan fingerprint density at radius 2 is 1.68 bits per heavy atom. The van der Waals surface area contributed by atoms with Crippen molar-refractivity contribution in [3.63, 3.8) is 0 Å². The minimum Gasteiger partial charge on any atom is -0.368 e. The van der Waals surface area contributed by atoms with E-state index in [1.54, 1.807) is 5.01 Å². The second-order valence-electron chi connectivity index (χ2n) is 9.19. The average Bonchev–Trinajstić information content (AvgIpc) is 3.10. The third-order valence-corrected chi connectivity index (χ3v) is 7.89. The van der Waals surface area contributed by atoms with Crippen LogP contribution in [0.2, 0.25) is 10.0 Å². The molecule has 0 aromatic heterocycles. The molecule has 0 radical (unpaired) electrons. The molecule has 3 aliphatic rings. The topological polar surface area (TPSA) is 39.2 Å². The molecule has 34 heavy (non-hydrogen) atoms. The standard InChI is InChI=1S/C27H24Cl2N4O/c1-18-27(26(34)33(30-18)22-7-3-2-4-8-22)16-19-10-11-21(29)15-24(19)32-13-12-31(17-25(27)32)23-9-5-6-20(28)14-23/h2-11,14-15,25H,12-13,16-17H2,1H3/t25-,27-/m0/s1. The molecule has 5 nitrogen and oxygen atoms in total. The highest BCUT2D eigenvalue weighted by atomic mass is 35.5. The van der Waals surface area contributed by atoms with Crippen molar-refractivity contribution in [1.82, 2.24) is 0 Å². The fourth-order valence-corrected chi connectivity index (χ4v) is 6.08. The van der Waals surface area contributed by atoms with Crippen molar-refractivity contribution in [2.45, 2.75) is 19.4 Å². The van der Waals surface area contributed by atoms with Crippen LogP contribution in [0.1, 0.15) is 12.5 Å². The zero-order chi connectivity index (χ0) is 23.4. The highest BCUT2D eigenvalue weighted by Gasteiger charge is 2.60. The second-order valence-corrected chi connectivity index (χ2v) is 10.1. The van der Waals surface area contributed by atoms with Gasteiger partial charge in [-0.25, -0.2) is 0 Å². The molecule has 0 bridgehead atoms. The van der Waals surface area contributed by atoms with E-state index in [2.05, 4.69) is 21.9 Å². The minimum absolute atomic E-state index is 0.0275. The summed E-state index contributed by atoms with van der Waals surface area (Å²) in [6.07, 6.45) is 0.599. The van der Waals surface area contributed by atoms with Gasteiger partial charge in [0, 0.05) is 41.1 Å². The van der Waals surface area contributed by atoms with Crippen LogP contribution in [0.3, 0.4) is 0 Å². The van der Waals surface area contributed by atoms with Gasteiger partial charge in [0.05, 0.1) is 17.4 Å². The van der Waals surface area contributed by atoms with Crippen molar-refractivity contribution in [1.29, 1.82) is 0 Å². The summed E-state index contributed by atoms with van der Waals surface area (Å²) < 4.78 is 0. The lowest BCUT2D eigenvalue weighted by molar-refractivity contribution is -0.125. The Kier molecular flexibility index (Phi) is 5.08. The Labute approximate surface area is 209 Å². The van der Waals surface area contributed by atoms with Crippen LogP contribution in [0.4, 0.5) is 17.1 Å². The molecule has 1 amide bonds. The molecule has 1 spiro atoms. The van der Waals surface area contributed by atoms with Gasteiger partial charge in [-0.1, -0.05) is 53.5 Å². The first-order valence-electron chi connectivity index (χ1n) is 11.5. The van der Waals surface area contributed by atoms with Crippen LogP contribution in [0, 0.1) is 5.41 Å². The number of amides is 1. The number of piperazine rings is 1. The van der Waals surface area contributed by atoms with E-state index in [9.17, 15) is 4.79 Å². The van der Waals surface area contributed by atoms with Gasteiger partial charge in [0.2, 0.25) is 0 Å². The smallest absolute Gasteiger partial charge is 0.261 e. The molecule has 7 heteroatoms. The summed E-state index contributed by atoms with van der Waals surface area (Å²) in [6.45, 7) is 4.29. The minimum atomic E-state index is -0.756. The SMILES string of the molecule is CC1=NN(c2ccccc2)C(=O)[C@@]12Cc1ccc(Cl)cc1N1CCN(c3cccc(Cl)c3)C[C@H]12. The van der Waals surface area contributed by atoms with Gasteiger partial charge in [0.1, 0.15) is 5.41 Å². The number of carbonyl (C=O) groups excluding carboxylic acids is 1. The van der Waals surface area contributed by atoms with Crippen molar-refractivity contribution >= 4 is 51.9 Å². The van der Waals surface area contributed by atoms with Crippen molar-refractivity contribution in [3.05, 3.63) is 88.4 Å². The van der Waals surface area contributed by atoms with Crippen molar-refractivity contribution < 1.29 is 4.79 Å². The van der Waals surface area contributed by atoms with E-state index in [4.69, 9.17) is 28.3 Å². The monoisotopic (exact) mass is 490 g/mol. The van der Waals surface area contributed by atoms with Gasteiger partial charge in [0.25, 0.3) is 5.91 Å². The Bertz CT molecular complexity index is 1310. The van der Waals surface area contributed by atoms with Gasteiger partial charge in [-0.05, 0) is 61.4 Å². The molecule has 3 heterocycles. The molecule has 2 atom stereocenters. The summed E-state index contributed by atoms with van der Waals surface area (Å²) in [6, 6.07) is 23.5. The predicted octanol–water partition coefficient (Wildman–Crippen LogP) is 5.65. The first-order chi connectivity index (χ1) is 16.5. The molecular weight excluding hydrogens is 467 g/mol. The van der Waals surface area contributed by atoms with E-state index in [0.717, 1.165) is 41.4 Å². The number of rotatable bonds is 2. The van der Waals surface area contributed by atoms with Gasteiger partial charge < -0.3 is 9.80 Å². The number of hydrazone groups is 1. The highest BCUT2D eigenvalue weighted by molar-refractivity contribution is 6.31. The molecule has 172 valence electrons. The molecule has 6 rings (SSSR count). The maximum atomic E-state index is 14.2. The van der Waals surface area contributed by atoms with Gasteiger partial charge in [-0.2, -0.15) is 10.1 Å². The van der Waals surface area contributed by atoms with Crippen LogP contribution in [0.25, 0.3) is 0 Å². The summed E-state index contributed by atoms with van der Waals surface area (Å²) in [7, 11) is 0. The molecular formula is C27H24Cl2N4O. The van der Waals surface area contributed by atoms with Crippen LogP contribution in [-0.2, 0) is 11.2 Å². The summed E-state index contributed by atoms with van der Waals surface area (Å²) in [5.41, 5.74) is 4.21. The lowest BCUT2D eigenvalue weighted by atomic mass is 9.67. The largest absolute Gasteiger partial charge is 0.368 e. The number of para-hydroxylation sites is 1. The molecule has 0 N–H and O–H groups in total. The Morgan fingerprint density at radius 1 is 0.912 bits per heavy atom. The number of halogens is 2. The molecule has 0 unspecified atom stereocenters. The van der Waals surface area contributed by atoms with Crippen molar-refractivity contribution in [2.24, 2.45) is 10.5 Å². The fourth-order valence-electron chi connectivity index (χ4n) is 5.73. The van der Waals surface area contributed by atoms with Crippen LogP contribution in [-0.4, -0.2) is 37.3 Å². The third-order valence-electron chi connectivity index (χ3n) is 7.42. The van der Waals surface area contributed by atoms with E-state index in [1.807, 2.05) is 67.6 Å². The van der Waals surface area contributed by atoms with Crippen LogP contribution >= 0.6 is 23.2 Å². The molecule has 0 aliphatic carbocycles. The van der Waals surface area contributed by atoms with Gasteiger partial charge in [0.15, 0.2) is 0 Å². The summed E-state index contributed by atoms with van der Waals surface area (Å²) >= 11 is 12.7. The normalized spacial score (nSPS) is 23.7. The quantitative estimate of drug-likeness (QED) is 0.465. The fraction of sp³-hybridized carbons (Fsp3) is 0.259. The van der Waals surface area contributed by atoms with Crippen molar-refractivity contribution in [3.8, 4) is 0 Å². The first kappa shape index (κ1) is 21.5. The lowest BCUT2D eigenvalue weighted by Crippen LogP contribution is -2.67. The average molecular weight is 491 g/mol. The summed E-state index contributed by atoms with van der Waals surface area (Å²) in [4.78, 5) is 18.9. The second kappa shape index (κ2) is 8.03. The number of carbonyl (C=O) groups is 1. The van der Waals surface area contributed by atoms with Gasteiger partial charge >= 0.3 is 0 Å². The molecule has 0 saturated carbocycles. The zero-order valence-corrected chi connectivity index (χ0v) is 20.3. The first-order valence-corrected chi connectivity index (χ1v) is 12.2. The van der Waals surface area contributed by atoms with E-state index < -0.39 is 5.41 Å². The van der Waals surface area contributed by atoms with E-state index in [-0.39, 0.29) is 11.9 Å². The number of fused-ring (bicyclic) bond motifs is 4.